The lowest BCUT2D eigenvalue weighted by atomic mass is 10.0. The molecule has 0 bridgehead atoms. The summed E-state index contributed by atoms with van der Waals surface area (Å²) in [6.45, 7) is 0. The molecule has 0 fully saturated rings. The highest BCUT2D eigenvalue weighted by molar-refractivity contribution is 6.04. The molecule has 0 aliphatic heterocycles. The second-order valence-electron chi connectivity index (χ2n) is 6.85. The number of rotatable bonds is 5. The van der Waals surface area contributed by atoms with E-state index in [4.69, 9.17) is 0 Å². The molecule has 1 heterocycles. The van der Waals surface area contributed by atoms with Crippen molar-refractivity contribution in [1.29, 1.82) is 0 Å². The third-order valence-corrected chi connectivity index (χ3v) is 4.66. The average molecular weight is 380 g/mol. The molecule has 0 spiro atoms. The molecule has 29 heavy (non-hydrogen) atoms. The van der Waals surface area contributed by atoms with E-state index in [1.54, 1.807) is 0 Å². The minimum absolute atomic E-state index is 0.124. The average Bonchev–Trinajstić information content (AvgIpc) is 2.77. The number of carbonyl (C=O) groups is 1. The number of nitrogens with zero attached hydrogens (tertiary/aromatic N) is 1. The summed E-state index contributed by atoms with van der Waals surface area (Å²) < 4.78 is 1.98. The summed E-state index contributed by atoms with van der Waals surface area (Å²) in [5.74, 6) is -0.124. The molecule has 4 heteroatoms. The van der Waals surface area contributed by atoms with E-state index < -0.39 is 0 Å². The zero-order valence-electron chi connectivity index (χ0n) is 16.2. The minimum atomic E-state index is -0.124. The first-order valence-corrected chi connectivity index (χ1v) is 9.47. The molecule has 0 radical (unpaired) electrons. The molecule has 2 N–H and O–H groups in total. The first-order valence-electron chi connectivity index (χ1n) is 9.47. The Morgan fingerprint density at radius 2 is 1.21 bits per heavy atom. The van der Waals surface area contributed by atoms with E-state index in [0.29, 0.717) is 5.56 Å². The fourth-order valence-corrected chi connectivity index (χ4v) is 3.04. The Kier molecular flexibility index (Phi) is 5.34. The van der Waals surface area contributed by atoms with Gasteiger partial charge in [0, 0.05) is 29.1 Å². The molecular formula is C25H22N3O+. The van der Waals surface area contributed by atoms with Gasteiger partial charge in [0.15, 0.2) is 12.4 Å². The topological polar surface area (TPSA) is 45.0 Å². The monoisotopic (exact) mass is 380 g/mol. The minimum Gasteiger partial charge on any atom is -0.355 e. The predicted octanol–water partition coefficient (Wildman–Crippen LogP) is 5.17. The Hall–Kier alpha value is -3.92. The van der Waals surface area contributed by atoms with Crippen LogP contribution < -0.4 is 15.2 Å². The van der Waals surface area contributed by atoms with E-state index in [1.165, 1.54) is 0 Å². The molecule has 0 saturated carbocycles. The van der Waals surface area contributed by atoms with E-state index >= 15 is 0 Å². The summed E-state index contributed by atoms with van der Waals surface area (Å²) in [6, 6.07) is 29.4. The smallest absolute Gasteiger partial charge is 0.255 e. The van der Waals surface area contributed by atoms with Gasteiger partial charge in [-0.2, -0.15) is 0 Å². The molecule has 4 nitrogen and oxygen atoms in total. The summed E-state index contributed by atoms with van der Waals surface area (Å²) in [5, 5.41) is 6.29. The number of anilines is 3. The molecule has 0 atom stereocenters. The van der Waals surface area contributed by atoms with Gasteiger partial charge in [-0.1, -0.05) is 42.5 Å². The van der Waals surface area contributed by atoms with Crippen LogP contribution in [0.2, 0.25) is 0 Å². The number of aromatic nitrogens is 1. The lowest BCUT2D eigenvalue weighted by molar-refractivity contribution is -0.671. The molecule has 0 aliphatic rings. The zero-order valence-corrected chi connectivity index (χ0v) is 16.2. The predicted molar refractivity (Wildman–Crippen MR) is 117 cm³/mol. The third kappa shape index (κ3) is 4.68. The van der Waals surface area contributed by atoms with Gasteiger partial charge < -0.3 is 10.6 Å². The fourth-order valence-electron chi connectivity index (χ4n) is 3.04. The van der Waals surface area contributed by atoms with Crippen molar-refractivity contribution in [3.8, 4) is 11.1 Å². The van der Waals surface area contributed by atoms with Gasteiger partial charge in [0.25, 0.3) is 5.91 Å². The molecule has 3 aromatic carbocycles. The van der Waals surface area contributed by atoms with E-state index in [-0.39, 0.29) is 5.91 Å². The number of amides is 1. The quantitative estimate of drug-likeness (QED) is 0.469. The molecule has 1 amide bonds. The second kappa shape index (κ2) is 8.40. The van der Waals surface area contributed by atoms with E-state index in [0.717, 1.165) is 28.2 Å². The summed E-state index contributed by atoms with van der Waals surface area (Å²) in [7, 11) is 1.98. The van der Waals surface area contributed by atoms with Crippen molar-refractivity contribution in [1.82, 2.24) is 0 Å². The summed E-state index contributed by atoms with van der Waals surface area (Å²) in [4.78, 5) is 12.5. The highest BCUT2D eigenvalue weighted by Gasteiger charge is 2.07. The van der Waals surface area contributed by atoms with Gasteiger partial charge in [-0.3, -0.25) is 4.79 Å². The van der Waals surface area contributed by atoms with Gasteiger partial charge in [-0.15, -0.1) is 0 Å². The molecule has 0 aliphatic carbocycles. The fraction of sp³-hybridized carbons (Fsp3) is 0.0400. The summed E-state index contributed by atoms with van der Waals surface area (Å²) in [5.41, 5.74) is 5.58. The van der Waals surface area contributed by atoms with Crippen molar-refractivity contribution >= 4 is 23.0 Å². The van der Waals surface area contributed by atoms with Crippen LogP contribution in [-0.4, -0.2) is 5.91 Å². The van der Waals surface area contributed by atoms with Gasteiger partial charge >= 0.3 is 0 Å². The summed E-state index contributed by atoms with van der Waals surface area (Å²) >= 11 is 0. The second-order valence-corrected chi connectivity index (χ2v) is 6.85. The number of pyridine rings is 1. The maximum atomic E-state index is 12.5. The van der Waals surface area contributed by atoms with Crippen molar-refractivity contribution in [3.63, 3.8) is 0 Å². The number of benzene rings is 3. The van der Waals surface area contributed by atoms with Crippen LogP contribution in [0.4, 0.5) is 17.1 Å². The van der Waals surface area contributed by atoms with Crippen molar-refractivity contribution in [2.75, 3.05) is 10.6 Å². The van der Waals surface area contributed by atoms with Crippen LogP contribution in [-0.2, 0) is 7.05 Å². The van der Waals surface area contributed by atoms with Crippen LogP contribution in [0, 0.1) is 0 Å². The molecule has 1 aromatic heterocycles. The maximum Gasteiger partial charge on any atom is 0.255 e. The van der Waals surface area contributed by atoms with Crippen molar-refractivity contribution in [2.45, 2.75) is 0 Å². The first kappa shape index (κ1) is 18.4. The lowest BCUT2D eigenvalue weighted by Gasteiger charge is -2.09. The van der Waals surface area contributed by atoms with Crippen LogP contribution in [0.15, 0.2) is 103 Å². The molecule has 0 unspecified atom stereocenters. The van der Waals surface area contributed by atoms with E-state index in [1.807, 2.05) is 103 Å². The number of aryl methyl sites for hydroxylation is 1. The van der Waals surface area contributed by atoms with Crippen molar-refractivity contribution in [2.24, 2.45) is 7.05 Å². The highest BCUT2D eigenvalue weighted by Crippen LogP contribution is 2.21. The Morgan fingerprint density at radius 1 is 0.655 bits per heavy atom. The Bertz CT molecular complexity index is 1090. The van der Waals surface area contributed by atoms with E-state index in [2.05, 4.69) is 22.8 Å². The Labute approximate surface area is 170 Å². The number of hydrogen-bond acceptors (Lipinski definition) is 2. The molecule has 4 aromatic rings. The summed E-state index contributed by atoms with van der Waals surface area (Å²) in [6.07, 6.45) is 3.97. The molecular weight excluding hydrogens is 358 g/mol. The van der Waals surface area contributed by atoms with Crippen LogP contribution in [0.1, 0.15) is 10.4 Å². The standard InChI is InChI=1S/C25H21N3O/c1-28-17-15-24(16-18-28)26-22-11-13-23(14-12-22)27-25(29)21-9-7-20(8-10-21)19-5-3-2-4-6-19/h2-18H,1H3,(H,27,29)/p+1. The van der Waals surface area contributed by atoms with Gasteiger partial charge in [0.2, 0.25) is 0 Å². The van der Waals surface area contributed by atoms with Gasteiger partial charge in [0.05, 0.1) is 5.69 Å². The normalized spacial score (nSPS) is 10.4. The van der Waals surface area contributed by atoms with Crippen LogP contribution in [0.25, 0.3) is 11.1 Å². The Balaban J connectivity index is 1.39. The van der Waals surface area contributed by atoms with Crippen LogP contribution in [0.3, 0.4) is 0 Å². The van der Waals surface area contributed by atoms with Gasteiger partial charge in [0.1, 0.15) is 7.05 Å². The number of nitrogens with one attached hydrogen (secondary N) is 2. The van der Waals surface area contributed by atoms with Crippen LogP contribution >= 0.6 is 0 Å². The van der Waals surface area contributed by atoms with Crippen LogP contribution in [0.5, 0.6) is 0 Å². The maximum absolute atomic E-state index is 12.5. The lowest BCUT2D eigenvalue weighted by Crippen LogP contribution is -2.25. The highest BCUT2D eigenvalue weighted by atomic mass is 16.1. The molecule has 4 rings (SSSR count). The molecule has 142 valence electrons. The van der Waals surface area contributed by atoms with Gasteiger partial charge in [-0.05, 0) is 47.5 Å². The number of carbonyl (C=O) groups excluding carboxylic acids is 1. The number of hydrogen-bond donors (Lipinski definition) is 2. The SMILES string of the molecule is C[n+]1ccc(Nc2ccc(NC(=O)c3ccc(-c4ccccc4)cc3)cc2)cc1. The Morgan fingerprint density at radius 3 is 1.86 bits per heavy atom. The molecule has 0 saturated heterocycles. The van der Waals surface area contributed by atoms with Crippen molar-refractivity contribution < 1.29 is 9.36 Å². The van der Waals surface area contributed by atoms with Crippen molar-refractivity contribution in [3.05, 3.63) is 109 Å². The largest absolute Gasteiger partial charge is 0.355 e. The first-order chi connectivity index (χ1) is 14.2. The van der Waals surface area contributed by atoms with E-state index in [9.17, 15) is 4.79 Å². The van der Waals surface area contributed by atoms with Gasteiger partial charge in [-0.25, -0.2) is 4.57 Å². The zero-order chi connectivity index (χ0) is 20.1. The third-order valence-electron chi connectivity index (χ3n) is 4.66.